The van der Waals surface area contributed by atoms with Crippen molar-refractivity contribution < 1.29 is 14.6 Å². The molecule has 2 aromatic carbocycles. The Labute approximate surface area is 131 Å². The molecule has 2 N–H and O–H groups in total. The van der Waals surface area contributed by atoms with Crippen LogP contribution in [0.25, 0.3) is 0 Å². The standard InChI is InChI=1S/C18H23NO3/c1-2-21-17-10-6-7-11-18(17)22-14-16(20)13-19-12-15-8-4-3-5-9-15/h3-11,16,19-20H,2,12-14H2,1H3/t16-/m0/s1. The number of aliphatic hydroxyl groups is 1. The van der Waals surface area contributed by atoms with Crippen LogP contribution in [-0.4, -0.2) is 31.0 Å². The predicted molar refractivity (Wildman–Crippen MR) is 87.3 cm³/mol. The third-order valence-corrected chi connectivity index (χ3v) is 3.13. The highest BCUT2D eigenvalue weighted by Gasteiger charge is 2.08. The average Bonchev–Trinajstić information content (AvgIpc) is 2.55. The van der Waals surface area contributed by atoms with Gasteiger partial charge in [0.2, 0.25) is 0 Å². The van der Waals surface area contributed by atoms with Crippen LogP contribution >= 0.6 is 0 Å². The van der Waals surface area contributed by atoms with E-state index in [2.05, 4.69) is 5.32 Å². The second-order valence-electron chi connectivity index (χ2n) is 4.96. The van der Waals surface area contributed by atoms with Gasteiger partial charge in [-0.1, -0.05) is 42.5 Å². The Morgan fingerprint density at radius 1 is 0.955 bits per heavy atom. The van der Waals surface area contributed by atoms with Gasteiger partial charge in [-0.05, 0) is 24.6 Å². The molecule has 4 nitrogen and oxygen atoms in total. The van der Waals surface area contributed by atoms with Crippen molar-refractivity contribution in [2.45, 2.75) is 19.6 Å². The van der Waals surface area contributed by atoms with Gasteiger partial charge in [-0.2, -0.15) is 0 Å². The summed E-state index contributed by atoms with van der Waals surface area (Å²) in [5.41, 5.74) is 1.19. The minimum absolute atomic E-state index is 0.228. The molecule has 0 amide bonds. The fourth-order valence-electron chi connectivity index (χ4n) is 2.07. The Kier molecular flexibility index (Phi) is 6.74. The van der Waals surface area contributed by atoms with Crippen LogP contribution in [0.4, 0.5) is 0 Å². The lowest BCUT2D eigenvalue weighted by atomic mass is 10.2. The highest BCUT2D eigenvalue weighted by molar-refractivity contribution is 5.39. The maximum absolute atomic E-state index is 9.98. The van der Waals surface area contributed by atoms with Crippen molar-refractivity contribution in [1.82, 2.24) is 5.32 Å². The smallest absolute Gasteiger partial charge is 0.161 e. The van der Waals surface area contributed by atoms with E-state index in [0.717, 1.165) is 6.54 Å². The van der Waals surface area contributed by atoms with Crippen molar-refractivity contribution in [1.29, 1.82) is 0 Å². The van der Waals surface area contributed by atoms with E-state index in [0.29, 0.717) is 24.7 Å². The molecule has 0 aliphatic rings. The number of ether oxygens (including phenoxy) is 2. The minimum Gasteiger partial charge on any atom is -0.490 e. The zero-order valence-corrected chi connectivity index (χ0v) is 12.9. The topological polar surface area (TPSA) is 50.7 Å². The van der Waals surface area contributed by atoms with Gasteiger partial charge in [0.25, 0.3) is 0 Å². The van der Waals surface area contributed by atoms with Crippen LogP contribution < -0.4 is 14.8 Å². The van der Waals surface area contributed by atoms with Gasteiger partial charge in [0.15, 0.2) is 11.5 Å². The highest BCUT2D eigenvalue weighted by Crippen LogP contribution is 2.26. The number of hydrogen-bond acceptors (Lipinski definition) is 4. The third kappa shape index (κ3) is 5.39. The molecule has 22 heavy (non-hydrogen) atoms. The Hall–Kier alpha value is -2.04. The van der Waals surface area contributed by atoms with Crippen molar-refractivity contribution in [2.24, 2.45) is 0 Å². The van der Waals surface area contributed by atoms with E-state index in [1.54, 1.807) is 0 Å². The van der Waals surface area contributed by atoms with Crippen LogP contribution in [0.15, 0.2) is 54.6 Å². The number of hydrogen-bond donors (Lipinski definition) is 2. The molecule has 0 bridgehead atoms. The number of nitrogens with one attached hydrogen (secondary N) is 1. The van der Waals surface area contributed by atoms with Crippen LogP contribution in [0.2, 0.25) is 0 Å². The molecule has 0 spiro atoms. The Morgan fingerprint density at radius 3 is 2.27 bits per heavy atom. The average molecular weight is 301 g/mol. The molecular formula is C18H23NO3. The van der Waals surface area contributed by atoms with Gasteiger partial charge in [0, 0.05) is 13.1 Å². The van der Waals surface area contributed by atoms with Gasteiger partial charge < -0.3 is 19.9 Å². The molecule has 0 saturated carbocycles. The van der Waals surface area contributed by atoms with Crippen molar-refractivity contribution in [3.05, 3.63) is 60.2 Å². The molecule has 2 aromatic rings. The van der Waals surface area contributed by atoms with E-state index in [4.69, 9.17) is 9.47 Å². The van der Waals surface area contributed by atoms with E-state index in [-0.39, 0.29) is 6.61 Å². The lowest BCUT2D eigenvalue weighted by molar-refractivity contribution is 0.104. The molecule has 0 aliphatic heterocycles. The van der Waals surface area contributed by atoms with E-state index in [1.807, 2.05) is 61.5 Å². The predicted octanol–water partition coefficient (Wildman–Crippen LogP) is 2.61. The second-order valence-corrected chi connectivity index (χ2v) is 4.96. The fraction of sp³-hybridized carbons (Fsp3) is 0.333. The van der Waals surface area contributed by atoms with E-state index in [1.165, 1.54) is 5.56 Å². The summed E-state index contributed by atoms with van der Waals surface area (Å²) < 4.78 is 11.1. The molecule has 0 aliphatic carbocycles. The normalized spacial score (nSPS) is 11.9. The molecule has 0 heterocycles. The summed E-state index contributed by atoms with van der Waals surface area (Å²) in [4.78, 5) is 0. The number of benzene rings is 2. The van der Waals surface area contributed by atoms with E-state index in [9.17, 15) is 5.11 Å². The zero-order valence-electron chi connectivity index (χ0n) is 12.9. The zero-order chi connectivity index (χ0) is 15.6. The summed E-state index contributed by atoms with van der Waals surface area (Å²) in [5.74, 6) is 1.36. The first kappa shape index (κ1) is 16.3. The number of aliphatic hydroxyl groups excluding tert-OH is 1. The highest BCUT2D eigenvalue weighted by atomic mass is 16.5. The summed E-state index contributed by atoms with van der Waals surface area (Å²) in [5, 5.41) is 13.2. The molecule has 0 unspecified atom stereocenters. The molecule has 0 saturated heterocycles. The molecule has 2 rings (SSSR count). The summed E-state index contributed by atoms with van der Waals surface area (Å²) in [7, 11) is 0. The van der Waals surface area contributed by atoms with E-state index < -0.39 is 6.10 Å². The molecule has 0 aromatic heterocycles. The summed E-state index contributed by atoms with van der Waals surface area (Å²) in [6, 6.07) is 17.6. The lowest BCUT2D eigenvalue weighted by Gasteiger charge is -2.15. The third-order valence-electron chi connectivity index (χ3n) is 3.13. The minimum atomic E-state index is -0.571. The largest absolute Gasteiger partial charge is 0.490 e. The van der Waals surface area contributed by atoms with Crippen LogP contribution in [0, 0.1) is 0 Å². The Balaban J connectivity index is 1.72. The van der Waals surface area contributed by atoms with Gasteiger partial charge in [0.05, 0.1) is 6.61 Å². The van der Waals surface area contributed by atoms with Gasteiger partial charge in [-0.25, -0.2) is 0 Å². The van der Waals surface area contributed by atoms with Crippen molar-refractivity contribution in [2.75, 3.05) is 19.8 Å². The summed E-state index contributed by atoms with van der Waals surface area (Å²) in [6.45, 7) is 3.95. The van der Waals surface area contributed by atoms with Gasteiger partial charge in [-0.3, -0.25) is 0 Å². The molecular weight excluding hydrogens is 278 g/mol. The molecule has 1 atom stereocenters. The van der Waals surface area contributed by atoms with Crippen LogP contribution in [0.5, 0.6) is 11.5 Å². The monoisotopic (exact) mass is 301 g/mol. The van der Waals surface area contributed by atoms with Gasteiger partial charge in [0.1, 0.15) is 12.7 Å². The molecule has 118 valence electrons. The van der Waals surface area contributed by atoms with E-state index >= 15 is 0 Å². The quantitative estimate of drug-likeness (QED) is 0.747. The van der Waals surface area contributed by atoms with Crippen LogP contribution in [-0.2, 0) is 6.54 Å². The van der Waals surface area contributed by atoms with Crippen LogP contribution in [0.3, 0.4) is 0 Å². The van der Waals surface area contributed by atoms with Crippen molar-refractivity contribution >= 4 is 0 Å². The summed E-state index contributed by atoms with van der Waals surface area (Å²) >= 11 is 0. The van der Waals surface area contributed by atoms with Crippen LogP contribution in [0.1, 0.15) is 12.5 Å². The Morgan fingerprint density at radius 2 is 1.59 bits per heavy atom. The summed E-state index contributed by atoms with van der Waals surface area (Å²) in [6.07, 6.45) is -0.571. The first-order valence-corrected chi connectivity index (χ1v) is 7.57. The lowest BCUT2D eigenvalue weighted by Crippen LogP contribution is -2.31. The molecule has 4 heteroatoms. The van der Waals surface area contributed by atoms with Gasteiger partial charge in [-0.15, -0.1) is 0 Å². The first-order valence-electron chi connectivity index (χ1n) is 7.57. The Bertz CT molecular complexity index is 545. The molecule has 0 fully saturated rings. The van der Waals surface area contributed by atoms with Crippen molar-refractivity contribution in [3.8, 4) is 11.5 Å². The first-order chi connectivity index (χ1) is 10.8. The fourth-order valence-corrected chi connectivity index (χ4v) is 2.07. The van der Waals surface area contributed by atoms with Crippen molar-refractivity contribution in [3.63, 3.8) is 0 Å². The number of para-hydroxylation sites is 2. The molecule has 0 radical (unpaired) electrons. The van der Waals surface area contributed by atoms with Gasteiger partial charge >= 0.3 is 0 Å². The maximum atomic E-state index is 9.98. The second kappa shape index (κ2) is 9.07. The number of rotatable bonds is 9. The maximum Gasteiger partial charge on any atom is 0.161 e. The SMILES string of the molecule is CCOc1ccccc1OC[C@@H](O)CNCc1ccccc1.